The number of fused-ring (bicyclic) bond motifs is 1. The molecule has 0 aromatic carbocycles. The first-order valence-electron chi connectivity index (χ1n) is 6.96. The average molecular weight is 291 g/mol. The number of hydrogen-bond donors (Lipinski definition) is 2. The summed E-state index contributed by atoms with van der Waals surface area (Å²) in [7, 11) is 0. The third-order valence-electron chi connectivity index (χ3n) is 3.87. The number of piperidine rings is 1. The molecule has 0 spiro atoms. The molecule has 1 fully saturated rings. The van der Waals surface area contributed by atoms with E-state index in [9.17, 15) is 4.79 Å². The van der Waals surface area contributed by atoms with E-state index in [4.69, 9.17) is 10.2 Å². The number of hydrogen-bond acceptors (Lipinski definition) is 6. The van der Waals surface area contributed by atoms with Gasteiger partial charge in [-0.3, -0.25) is 4.79 Å². The Bertz CT molecular complexity index is 648. The molecule has 2 aromatic rings. The van der Waals surface area contributed by atoms with Crippen molar-refractivity contribution in [2.75, 3.05) is 24.6 Å². The number of carbonyl (C=O) groups is 1. The Morgan fingerprint density at radius 1 is 1.33 bits per heavy atom. The summed E-state index contributed by atoms with van der Waals surface area (Å²) in [4.78, 5) is 21.6. The normalized spacial score (nSPS) is 16.5. The van der Waals surface area contributed by atoms with Crippen LogP contribution < -0.4 is 4.90 Å². The summed E-state index contributed by atoms with van der Waals surface area (Å²) in [6.07, 6.45) is 4.41. The van der Waals surface area contributed by atoms with Gasteiger partial charge in [0.05, 0.1) is 30.7 Å². The average Bonchev–Trinajstić information content (AvgIpc) is 2.91. The van der Waals surface area contributed by atoms with Crippen molar-refractivity contribution in [2.45, 2.75) is 19.4 Å². The number of anilines is 1. The second-order valence-electron chi connectivity index (χ2n) is 5.13. The lowest BCUT2D eigenvalue weighted by Gasteiger charge is -2.31. The monoisotopic (exact) mass is 291 g/mol. The van der Waals surface area contributed by atoms with Gasteiger partial charge >= 0.3 is 5.97 Å². The summed E-state index contributed by atoms with van der Waals surface area (Å²) < 4.78 is 1.64. The molecule has 1 aliphatic rings. The Morgan fingerprint density at radius 3 is 2.76 bits per heavy atom. The van der Waals surface area contributed by atoms with Crippen molar-refractivity contribution in [3.05, 3.63) is 12.5 Å². The van der Waals surface area contributed by atoms with Crippen LogP contribution in [0.3, 0.4) is 0 Å². The van der Waals surface area contributed by atoms with Crippen molar-refractivity contribution in [3.8, 4) is 0 Å². The summed E-state index contributed by atoms with van der Waals surface area (Å²) in [5, 5.41) is 23.1. The molecule has 0 amide bonds. The minimum atomic E-state index is -0.724. The van der Waals surface area contributed by atoms with Gasteiger partial charge in [-0.1, -0.05) is 0 Å². The summed E-state index contributed by atoms with van der Waals surface area (Å²) in [5.74, 6) is -0.207. The van der Waals surface area contributed by atoms with Crippen LogP contribution in [0, 0.1) is 5.92 Å². The van der Waals surface area contributed by atoms with E-state index >= 15 is 0 Å². The fourth-order valence-corrected chi connectivity index (χ4v) is 2.73. The van der Waals surface area contributed by atoms with Gasteiger partial charge in [0.25, 0.3) is 0 Å². The zero-order chi connectivity index (χ0) is 14.8. The summed E-state index contributed by atoms with van der Waals surface area (Å²) in [5.41, 5.74) is 0.689. The third kappa shape index (κ3) is 2.54. The molecule has 0 aliphatic carbocycles. The van der Waals surface area contributed by atoms with E-state index in [-0.39, 0.29) is 12.5 Å². The maximum absolute atomic E-state index is 11.0. The molecule has 21 heavy (non-hydrogen) atoms. The second kappa shape index (κ2) is 5.65. The van der Waals surface area contributed by atoms with Crippen LogP contribution in [0.4, 0.5) is 5.82 Å². The molecular formula is C13H17N5O3. The molecule has 3 rings (SSSR count). The lowest BCUT2D eigenvalue weighted by atomic mass is 9.97. The van der Waals surface area contributed by atoms with Gasteiger partial charge in [0, 0.05) is 13.1 Å². The van der Waals surface area contributed by atoms with Crippen molar-refractivity contribution in [1.29, 1.82) is 0 Å². The topological polar surface area (TPSA) is 104 Å². The van der Waals surface area contributed by atoms with Crippen LogP contribution >= 0.6 is 0 Å². The van der Waals surface area contributed by atoms with Crippen LogP contribution in [0.2, 0.25) is 0 Å². The number of aliphatic hydroxyl groups excluding tert-OH is 1. The van der Waals surface area contributed by atoms with E-state index < -0.39 is 5.97 Å². The summed E-state index contributed by atoms with van der Waals surface area (Å²) in [6, 6.07) is 0. The molecule has 0 atom stereocenters. The van der Waals surface area contributed by atoms with Gasteiger partial charge in [0.1, 0.15) is 12.1 Å². The molecule has 2 aromatic heterocycles. The summed E-state index contributed by atoms with van der Waals surface area (Å²) >= 11 is 0. The second-order valence-corrected chi connectivity index (χ2v) is 5.13. The Kier molecular flexibility index (Phi) is 3.70. The van der Waals surface area contributed by atoms with Gasteiger partial charge < -0.3 is 15.1 Å². The lowest BCUT2D eigenvalue weighted by Crippen LogP contribution is -2.36. The standard InChI is InChI=1S/C13H17N5O3/c19-6-5-18-12-10(7-16-18)11(14-8-15-12)17-3-1-9(2-4-17)13(20)21/h7-9,19H,1-6H2,(H,20,21). The van der Waals surface area contributed by atoms with Crippen LogP contribution in [0.5, 0.6) is 0 Å². The fourth-order valence-electron chi connectivity index (χ4n) is 2.73. The number of rotatable bonds is 4. The maximum Gasteiger partial charge on any atom is 0.306 e. The number of nitrogens with zero attached hydrogens (tertiary/aromatic N) is 5. The highest BCUT2D eigenvalue weighted by Gasteiger charge is 2.26. The van der Waals surface area contributed by atoms with Crippen molar-refractivity contribution < 1.29 is 15.0 Å². The quantitative estimate of drug-likeness (QED) is 0.824. The highest BCUT2D eigenvalue weighted by atomic mass is 16.4. The molecule has 8 nitrogen and oxygen atoms in total. The van der Waals surface area contributed by atoms with Crippen LogP contribution in [-0.2, 0) is 11.3 Å². The van der Waals surface area contributed by atoms with E-state index in [1.54, 1.807) is 10.9 Å². The van der Waals surface area contributed by atoms with Crippen molar-refractivity contribution in [3.63, 3.8) is 0 Å². The van der Waals surface area contributed by atoms with E-state index in [0.717, 1.165) is 11.2 Å². The number of aliphatic carboxylic acids is 1. The molecule has 2 N–H and O–H groups in total. The fraction of sp³-hybridized carbons (Fsp3) is 0.538. The van der Waals surface area contributed by atoms with Gasteiger partial charge in [-0.15, -0.1) is 0 Å². The van der Waals surface area contributed by atoms with Gasteiger partial charge in [-0.05, 0) is 12.8 Å². The molecular weight excluding hydrogens is 274 g/mol. The highest BCUT2D eigenvalue weighted by Crippen LogP contribution is 2.27. The van der Waals surface area contributed by atoms with E-state index in [0.29, 0.717) is 38.1 Å². The Hall–Kier alpha value is -2.22. The molecule has 1 aliphatic heterocycles. The van der Waals surface area contributed by atoms with Crippen LogP contribution in [0.25, 0.3) is 11.0 Å². The zero-order valence-electron chi connectivity index (χ0n) is 11.5. The zero-order valence-corrected chi connectivity index (χ0v) is 11.5. The largest absolute Gasteiger partial charge is 0.481 e. The SMILES string of the molecule is O=C(O)C1CCN(c2ncnc3c2cnn3CCO)CC1. The Balaban J connectivity index is 1.86. The van der Waals surface area contributed by atoms with Gasteiger partial charge in [0.15, 0.2) is 5.65 Å². The summed E-state index contributed by atoms with van der Waals surface area (Å²) in [6.45, 7) is 1.71. The van der Waals surface area contributed by atoms with Gasteiger partial charge in [-0.2, -0.15) is 5.10 Å². The molecule has 112 valence electrons. The number of aliphatic hydroxyl groups is 1. The first-order valence-corrected chi connectivity index (χ1v) is 6.96. The maximum atomic E-state index is 11.0. The van der Waals surface area contributed by atoms with E-state index in [2.05, 4.69) is 20.0 Å². The first-order chi connectivity index (χ1) is 10.2. The molecule has 8 heteroatoms. The van der Waals surface area contributed by atoms with Gasteiger partial charge in [-0.25, -0.2) is 14.6 Å². The molecule has 1 saturated heterocycles. The van der Waals surface area contributed by atoms with Crippen LogP contribution in [0.1, 0.15) is 12.8 Å². The first kappa shape index (κ1) is 13.7. The predicted octanol–water partition coefficient (Wildman–Crippen LogP) is 0.120. The van der Waals surface area contributed by atoms with Crippen molar-refractivity contribution >= 4 is 22.8 Å². The number of aromatic nitrogens is 4. The van der Waals surface area contributed by atoms with Crippen molar-refractivity contribution in [1.82, 2.24) is 19.7 Å². The number of carboxylic acid groups (broad SMARTS) is 1. The highest BCUT2D eigenvalue weighted by molar-refractivity contribution is 5.86. The third-order valence-corrected chi connectivity index (χ3v) is 3.87. The van der Waals surface area contributed by atoms with Gasteiger partial charge in [0.2, 0.25) is 0 Å². The molecule has 0 bridgehead atoms. The van der Waals surface area contributed by atoms with E-state index in [1.807, 2.05) is 0 Å². The Labute approximate surface area is 121 Å². The molecule has 0 unspecified atom stereocenters. The van der Waals surface area contributed by atoms with Crippen molar-refractivity contribution in [2.24, 2.45) is 5.92 Å². The van der Waals surface area contributed by atoms with E-state index in [1.165, 1.54) is 6.33 Å². The Morgan fingerprint density at radius 2 is 2.10 bits per heavy atom. The molecule has 0 saturated carbocycles. The minimum Gasteiger partial charge on any atom is -0.481 e. The number of carboxylic acids is 1. The lowest BCUT2D eigenvalue weighted by molar-refractivity contribution is -0.142. The molecule has 3 heterocycles. The van der Waals surface area contributed by atoms with Crippen LogP contribution in [0.15, 0.2) is 12.5 Å². The van der Waals surface area contributed by atoms with Crippen LogP contribution in [-0.4, -0.2) is 55.6 Å². The smallest absolute Gasteiger partial charge is 0.306 e. The minimum absolute atomic E-state index is 0.000121. The molecule has 0 radical (unpaired) electrons. The predicted molar refractivity (Wildman–Crippen MR) is 75.0 cm³/mol.